The number of hydrogen-bond acceptors (Lipinski definition) is 5. The van der Waals surface area contributed by atoms with Crippen molar-refractivity contribution in [1.29, 1.82) is 0 Å². The Morgan fingerprint density at radius 3 is 3.05 bits per heavy atom. The van der Waals surface area contributed by atoms with Crippen molar-refractivity contribution in [3.63, 3.8) is 0 Å². The van der Waals surface area contributed by atoms with Crippen LogP contribution in [0.1, 0.15) is 20.3 Å². The van der Waals surface area contributed by atoms with Gasteiger partial charge in [0.25, 0.3) is 0 Å². The molecule has 104 valence electrons. The molecule has 0 spiro atoms. The van der Waals surface area contributed by atoms with E-state index in [1.54, 1.807) is 11.3 Å². The van der Waals surface area contributed by atoms with Crippen molar-refractivity contribution in [3.05, 3.63) is 17.6 Å². The Balaban J connectivity index is 1.80. The Morgan fingerprint density at radius 1 is 1.42 bits per heavy atom. The summed E-state index contributed by atoms with van der Waals surface area (Å²) in [4.78, 5) is 4.28. The number of nitrogens with zero attached hydrogens (tertiary/aromatic N) is 1. The zero-order chi connectivity index (χ0) is 13.7. The number of aromatic nitrogens is 1. The number of ether oxygens (including phenoxy) is 1. The molecule has 0 atom stereocenters. The van der Waals surface area contributed by atoms with Gasteiger partial charge in [-0.3, -0.25) is 0 Å². The number of hydrogen-bond donors (Lipinski definition) is 2. The molecule has 1 aromatic carbocycles. The largest absolute Gasteiger partial charge is 0.395 e. The molecule has 0 amide bonds. The third-order valence-corrected chi connectivity index (χ3v) is 3.57. The number of fused-ring (bicyclic) bond motifs is 1. The molecule has 0 aliphatic heterocycles. The van der Waals surface area contributed by atoms with Gasteiger partial charge in [-0.25, -0.2) is 4.98 Å². The summed E-state index contributed by atoms with van der Waals surface area (Å²) in [6, 6.07) is 4.08. The fraction of sp³-hybridized carbons (Fsp3) is 0.500. The van der Waals surface area contributed by atoms with Crippen LogP contribution < -0.4 is 11.1 Å². The molecule has 2 aromatic rings. The van der Waals surface area contributed by atoms with Crippen LogP contribution in [0.3, 0.4) is 0 Å². The minimum Gasteiger partial charge on any atom is -0.395 e. The van der Waals surface area contributed by atoms with E-state index in [1.807, 2.05) is 11.6 Å². The van der Waals surface area contributed by atoms with E-state index in [0.29, 0.717) is 5.92 Å². The van der Waals surface area contributed by atoms with E-state index >= 15 is 0 Å². The zero-order valence-electron chi connectivity index (χ0n) is 11.5. The second-order valence-corrected chi connectivity index (χ2v) is 5.86. The predicted molar refractivity (Wildman–Crippen MR) is 82.8 cm³/mol. The highest BCUT2D eigenvalue weighted by Crippen LogP contribution is 2.29. The van der Waals surface area contributed by atoms with Gasteiger partial charge >= 0.3 is 0 Å². The molecule has 0 aliphatic carbocycles. The summed E-state index contributed by atoms with van der Waals surface area (Å²) < 4.78 is 6.67. The van der Waals surface area contributed by atoms with Gasteiger partial charge in [-0.15, -0.1) is 11.3 Å². The van der Waals surface area contributed by atoms with Gasteiger partial charge in [-0.05, 0) is 24.5 Å². The summed E-state index contributed by atoms with van der Waals surface area (Å²) in [6.07, 6.45) is 0.973. The average molecular weight is 279 g/mol. The summed E-state index contributed by atoms with van der Waals surface area (Å²) in [5.41, 5.74) is 10.5. The highest BCUT2D eigenvalue weighted by molar-refractivity contribution is 7.16. The van der Waals surface area contributed by atoms with Crippen LogP contribution in [0.25, 0.3) is 10.2 Å². The van der Waals surface area contributed by atoms with Crippen LogP contribution in [-0.2, 0) is 4.74 Å². The molecule has 4 nitrogen and oxygen atoms in total. The van der Waals surface area contributed by atoms with E-state index in [9.17, 15) is 0 Å². The molecule has 0 aliphatic rings. The molecular formula is C14H21N3OS. The fourth-order valence-electron chi connectivity index (χ4n) is 1.82. The van der Waals surface area contributed by atoms with E-state index in [-0.39, 0.29) is 0 Å². The molecule has 19 heavy (non-hydrogen) atoms. The maximum absolute atomic E-state index is 6.09. The molecule has 0 fully saturated rings. The molecule has 0 radical (unpaired) electrons. The Morgan fingerprint density at radius 2 is 2.26 bits per heavy atom. The summed E-state index contributed by atoms with van der Waals surface area (Å²) >= 11 is 1.61. The number of thiazole rings is 1. The molecule has 0 unspecified atom stereocenters. The van der Waals surface area contributed by atoms with Crippen LogP contribution in [0.15, 0.2) is 17.6 Å². The lowest BCUT2D eigenvalue weighted by molar-refractivity contribution is 0.110. The molecule has 0 saturated carbocycles. The van der Waals surface area contributed by atoms with Crippen molar-refractivity contribution in [2.24, 2.45) is 5.92 Å². The second kappa shape index (κ2) is 6.73. The molecule has 1 aromatic heterocycles. The normalized spacial score (nSPS) is 11.3. The van der Waals surface area contributed by atoms with E-state index in [2.05, 4.69) is 30.2 Å². The number of rotatable bonds is 7. The number of benzene rings is 1. The monoisotopic (exact) mass is 279 g/mol. The summed E-state index contributed by atoms with van der Waals surface area (Å²) in [7, 11) is 0. The third-order valence-electron chi connectivity index (χ3n) is 2.77. The number of anilines is 2. The zero-order valence-corrected chi connectivity index (χ0v) is 12.3. The fourth-order valence-corrected chi connectivity index (χ4v) is 2.52. The quantitative estimate of drug-likeness (QED) is 0.602. The first kappa shape index (κ1) is 14.1. The molecule has 1 heterocycles. The maximum Gasteiger partial charge on any atom is 0.106 e. The second-order valence-electron chi connectivity index (χ2n) is 4.97. The van der Waals surface area contributed by atoms with E-state index in [4.69, 9.17) is 10.5 Å². The van der Waals surface area contributed by atoms with Gasteiger partial charge in [-0.2, -0.15) is 0 Å². The summed E-state index contributed by atoms with van der Waals surface area (Å²) in [5, 5.41) is 3.34. The highest BCUT2D eigenvalue weighted by atomic mass is 32.1. The Kier molecular flexibility index (Phi) is 4.99. The molecule has 2 rings (SSSR count). The first-order chi connectivity index (χ1) is 9.18. The Hall–Kier alpha value is -1.33. The van der Waals surface area contributed by atoms with Crippen LogP contribution in [0.5, 0.6) is 0 Å². The topological polar surface area (TPSA) is 60.2 Å². The number of nitrogens with two attached hydrogens (primary N) is 1. The maximum atomic E-state index is 6.09. The van der Waals surface area contributed by atoms with E-state index in [1.165, 1.54) is 0 Å². The SMILES string of the molecule is CC(C)COCCCNc1ccc2scnc2c1N. The van der Waals surface area contributed by atoms with E-state index in [0.717, 1.165) is 47.8 Å². The van der Waals surface area contributed by atoms with Crippen LogP contribution in [0.2, 0.25) is 0 Å². The van der Waals surface area contributed by atoms with Gasteiger partial charge in [0.15, 0.2) is 0 Å². The minimum absolute atomic E-state index is 0.593. The highest BCUT2D eigenvalue weighted by Gasteiger charge is 2.06. The van der Waals surface area contributed by atoms with Crippen molar-refractivity contribution in [3.8, 4) is 0 Å². The molecule has 0 saturated heterocycles. The third kappa shape index (κ3) is 3.81. The number of nitrogen functional groups attached to an aromatic ring is 1. The minimum atomic E-state index is 0.593. The van der Waals surface area contributed by atoms with Crippen molar-refractivity contribution in [1.82, 2.24) is 4.98 Å². The van der Waals surface area contributed by atoms with Crippen molar-refractivity contribution in [2.75, 3.05) is 30.8 Å². The average Bonchev–Trinajstić information content (AvgIpc) is 2.84. The molecular weight excluding hydrogens is 258 g/mol. The van der Waals surface area contributed by atoms with Crippen molar-refractivity contribution >= 4 is 32.9 Å². The smallest absolute Gasteiger partial charge is 0.106 e. The standard InChI is InChI=1S/C14H21N3OS/c1-10(2)8-18-7-3-6-16-11-4-5-12-14(13(11)15)17-9-19-12/h4-5,9-10,16H,3,6-8,15H2,1-2H3. The van der Waals surface area contributed by atoms with Crippen molar-refractivity contribution in [2.45, 2.75) is 20.3 Å². The van der Waals surface area contributed by atoms with Gasteiger partial charge in [0.1, 0.15) is 5.52 Å². The molecule has 5 heteroatoms. The summed E-state index contributed by atoms with van der Waals surface area (Å²) in [5.74, 6) is 0.593. The van der Waals surface area contributed by atoms with Crippen molar-refractivity contribution < 1.29 is 4.74 Å². The number of nitrogens with one attached hydrogen (secondary N) is 1. The predicted octanol–water partition coefficient (Wildman–Crippen LogP) is 3.35. The summed E-state index contributed by atoms with van der Waals surface area (Å²) in [6.45, 7) is 6.78. The van der Waals surface area contributed by atoms with Gasteiger partial charge in [-0.1, -0.05) is 13.8 Å². The van der Waals surface area contributed by atoms with Gasteiger partial charge in [0, 0.05) is 19.8 Å². The lowest BCUT2D eigenvalue weighted by atomic mass is 10.2. The lowest BCUT2D eigenvalue weighted by Crippen LogP contribution is -2.09. The molecule has 3 N–H and O–H groups in total. The molecule has 0 bridgehead atoms. The van der Waals surface area contributed by atoms with Crippen LogP contribution in [0.4, 0.5) is 11.4 Å². The van der Waals surface area contributed by atoms with Crippen LogP contribution in [0, 0.1) is 5.92 Å². The first-order valence-corrected chi connectivity index (χ1v) is 7.49. The first-order valence-electron chi connectivity index (χ1n) is 6.61. The van der Waals surface area contributed by atoms with Crippen LogP contribution in [-0.4, -0.2) is 24.7 Å². The van der Waals surface area contributed by atoms with Crippen LogP contribution >= 0.6 is 11.3 Å². The van der Waals surface area contributed by atoms with E-state index < -0.39 is 0 Å². The van der Waals surface area contributed by atoms with Gasteiger partial charge < -0.3 is 15.8 Å². The van der Waals surface area contributed by atoms with Gasteiger partial charge in [0.2, 0.25) is 0 Å². The Labute approximate surface area is 118 Å². The Bertz CT molecular complexity index is 524. The van der Waals surface area contributed by atoms with Gasteiger partial charge in [0.05, 0.1) is 21.6 Å². The lowest BCUT2D eigenvalue weighted by Gasteiger charge is -2.10.